The van der Waals surface area contributed by atoms with E-state index >= 15 is 0 Å². The Bertz CT molecular complexity index is 439. The van der Waals surface area contributed by atoms with Crippen molar-refractivity contribution < 1.29 is 14.4 Å². The molecule has 3 N–H and O–H groups in total. The van der Waals surface area contributed by atoms with Gasteiger partial charge in [0.1, 0.15) is 6.04 Å². The number of rotatable bonds is 7. The number of carbonyl (C=O) groups excluding carboxylic acids is 3. The summed E-state index contributed by atoms with van der Waals surface area (Å²) in [7, 11) is 0. The van der Waals surface area contributed by atoms with Gasteiger partial charge in [-0.05, 0) is 38.6 Å². The Morgan fingerprint density at radius 2 is 1.87 bits per heavy atom. The number of piperidine rings is 1. The lowest BCUT2D eigenvalue weighted by molar-refractivity contribution is -0.149. The second-order valence-electron chi connectivity index (χ2n) is 6.82. The summed E-state index contributed by atoms with van der Waals surface area (Å²) >= 11 is 0. The molecule has 0 radical (unpaired) electrons. The monoisotopic (exact) mass is 324 g/mol. The van der Waals surface area contributed by atoms with Crippen LogP contribution in [0.3, 0.4) is 0 Å². The Balaban J connectivity index is 1.82. The average Bonchev–Trinajstić information content (AvgIpc) is 2.51. The maximum atomic E-state index is 12.6. The molecule has 0 aromatic heterocycles. The fourth-order valence-corrected chi connectivity index (χ4v) is 3.58. The van der Waals surface area contributed by atoms with Crippen molar-refractivity contribution in [1.82, 2.24) is 15.1 Å². The average molecular weight is 324 g/mol. The van der Waals surface area contributed by atoms with E-state index < -0.39 is 6.04 Å². The Labute approximate surface area is 137 Å². The molecule has 1 spiro atoms. The van der Waals surface area contributed by atoms with Crippen LogP contribution in [-0.2, 0) is 14.4 Å². The van der Waals surface area contributed by atoms with Crippen molar-refractivity contribution in [1.29, 1.82) is 0 Å². The molecule has 2 saturated heterocycles. The molecule has 1 atom stereocenters. The van der Waals surface area contributed by atoms with E-state index in [4.69, 9.17) is 5.73 Å². The fourth-order valence-electron chi connectivity index (χ4n) is 3.58. The molecule has 0 aromatic rings. The zero-order valence-electron chi connectivity index (χ0n) is 13.9. The van der Waals surface area contributed by atoms with Gasteiger partial charge in [0.15, 0.2) is 0 Å². The maximum Gasteiger partial charge on any atom is 0.245 e. The van der Waals surface area contributed by atoms with Gasteiger partial charge in [-0.3, -0.25) is 14.4 Å². The smallest absolute Gasteiger partial charge is 0.245 e. The molecule has 7 nitrogen and oxygen atoms in total. The lowest BCUT2D eigenvalue weighted by atomic mass is 9.72. The number of likely N-dealkylation sites (tertiary alicyclic amines) is 2. The molecular weight excluding hydrogens is 296 g/mol. The number of nitrogens with two attached hydrogens (primary N) is 1. The first-order chi connectivity index (χ1) is 11.0. The lowest BCUT2D eigenvalue weighted by Gasteiger charge is -2.54. The van der Waals surface area contributed by atoms with Gasteiger partial charge in [-0.15, -0.1) is 0 Å². The molecule has 2 heterocycles. The van der Waals surface area contributed by atoms with E-state index in [0.29, 0.717) is 32.5 Å². The Morgan fingerprint density at radius 1 is 1.22 bits per heavy atom. The molecule has 23 heavy (non-hydrogen) atoms. The van der Waals surface area contributed by atoms with Crippen molar-refractivity contribution in [3.63, 3.8) is 0 Å². The molecule has 0 bridgehead atoms. The number of unbranched alkanes of at least 4 members (excludes halogenated alkanes) is 1. The molecule has 3 amide bonds. The molecular formula is C16H28N4O3. The highest BCUT2D eigenvalue weighted by molar-refractivity contribution is 5.83. The van der Waals surface area contributed by atoms with Gasteiger partial charge in [0.25, 0.3) is 0 Å². The van der Waals surface area contributed by atoms with Crippen LogP contribution < -0.4 is 11.1 Å². The topological polar surface area (TPSA) is 95.7 Å². The van der Waals surface area contributed by atoms with Crippen LogP contribution in [0, 0.1) is 5.41 Å². The number of carbonyl (C=O) groups is 3. The van der Waals surface area contributed by atoms with Gasteiger partial charge in [0.2, 0.25) is 18.2 Å². The van der Waals surface area contributed by atoms with E-state index in [1.807, 2.05) is 9.80 Å². The molecule has 0 aliphatic carbocycles. The standard InChI is InChI=1S/C16H28N4O3/c1-13(22)20-10-16(11-20)5-8-19(9-6-16)15(23)14(18-12-21)4-2-3-7-17/h12,14H,2-11,17H2,1H3,(H,18,21). The van der Waals surface area contributed by atoms with Crippen LogP contribution >= 0.6 is 0 Å². The SMILES string of the molecule is CC(=O)N1CC2(CCN(C(=O)C(CCCCN)NC=O)CC2)C1. The van der Waals surface area contributed by atoms with Crippen LogP contribution in [0.2, 0.25) is 0 Å². The number of nitrogens with one attached hydrogen (secondary N) is 1. The number of nitrogens with zero attached hydrogens (tertiary/aromatic N) is 2. The molecule has 2 fully saturated rings. The highest BCUT2D eigenvalue weighted by Crippen LogP contribution is 2.40. The van der Waals surface area contributed by atoms with E-state index in [-0.39, 0.29) is 17.2 Å². The van der Waals surface area contributed by atoms with Gasteiger partial charge in [-0.2, -0.15) is 0 Å². The molecule has 2 rings (SSSR count). The first-order valence-corrected chi connectivity index (χ1v) is 8.45. The van der Waals surface area contributed by atoms with Gasteiger partial charge in [-0.1, -0.05) is 0 Å². The maximum absolute atomic E-state index is 12.6. The lowest BCUT2D eigenvalue weighted by Crippen LogP contribution is -2.62. The van der Waals surface area contributed by atoms with Gasteiger partial charge in [-0.25, -0.2) is 0 Å². The zero-order valence-corrected chi connectivity index (χ0v) is 13.9. The van der Waals surface area contributed by atoms with E-state index in [0.717, 1.165) is 38.8 Å². The summed E-state index contributed by atoms with van der Waals surface area (Å²) < 4.78 is 0. The van der Waals surface area contributed by atoms with Gasteiger partial charge in [0.05, 0.1) is 0 Å². The summed E-state index contributed by atoms with van der Waals surface area (Å²) in [6.07, 6.45) is 4.79. The Kier molecular flexibility index (Phi) is 5.98. The summed E-state index contributed by atoms with van der Waals surface area (Å²) in [4.78, 5) is 38.4. The van der Waals surface area contributed by atoms with E-state index in [9.17, 15) is 14.4 Å². The Hall–Kier alpha value is -1.63. The fraction of sp³-hybridized carbons (Fsp3) is 0.812. The van der Waals surface area contributed by atoms with Crippen molar-refractivity contribution in [2.75, 3.05) is 32.7 Å². The normalized spacial score (nSPS) is 20.8. The summed E-state index contributed by atoms with van der Waals surface area (Å²) in [5.41, 5.74) is 5.68. The molecule has 7 heteroatoms. The minimum Gasteiger partial charge on any atom is -0.347 e. The number of hydrogen-bond acceptors (Lipinski definition) is 4. The first-order valence-electron chi connectivity index (χ1n) is 8.45. The van der Waals surface area contributed by atoms with E-state index in [1.165, 1.54) is 0 Å². The molecule has 0 saturated carbocycles. The number of amides is 3. The predicted molar refractivity (Wildman–Crippen MR) is 86.4 cm³/mol. The van der Waals surface area contributed by atoms with Crippen molar-refractivity contribution in [2.45, 2.75) is 45.1 Å². The third kappa shape index (κ3) is 4.22. The molecule has 130 valence electrons. The molecule has 2 aliphatic heterocycles. The summed E-state index contributed by atoms with van der Waals surface area (Å²) in [5, 5.41) is 2.64. The summed E-state index contributed by atoms with van der Waals surface area (Å²) in [6.45, 7) is 5.24. The van der Waals surface area contributed by atoms with Crippen molar-refractivity contribution in [3.05, 3.63) is 0 Å². The highest BCUT2D eigenvalue weighted by Gasteiger charge is 2.46. The van der Waals surface area contributed by atoms with E-state index in [2.05, 4.69) is 5.32 Å². The van der Waals surface area contributed by atoms with Gasteiger partial charge < -0.3 is 20.9 Å². The predicted octanol–water partition coefficient (Wildman–Crippen LogP) is -0.299. The molecule has 2 aliphatic rings. The highest BCUT2D eigenvalue weighted by atomic mass is 16.2. The van der Waals surface area contributed by atoms with E-state index in [1.54, 1.807) is 6.92 Å². The summed E-state index contributed by atoms with van der Waals surface area (Å²) in [5.74, 6) is 0.135. The third-order valence-corrected chi connectivity index (χ3v) is 5.15. The van der Waals surface area contributed by atoms with Crippen LogP contribution in [0.1, 0.15) is 39.0 Å². The van der Waals surface area contributed by atoms with Crippen LogP contribution in [0.15, 0.2) is 0 Å². The third-order valence-electron chi connectivity index (χ3n) is 5.15. The van der Waals surface area contributed by atoms with Crippen LogP contribution in [0.4, 0.5) is 0 Å². The van der Waals surface area contributed by atoms with Crippen molar-refractivity contribution in [3.8, 4) is 0 Å². The number of hydrogen-bond donors (Lipinski definition) is 2. The van der Waals surface area contributed by atoms with Gasteiger partial charge in [0, 0.05) is 38.5 Å². The minimum atomic E-state index is -0.441. The second-order valence-corrected chi connectivity index (χ2v) is 6.82. The Morgan fingerprint density at radius 3 is 2.39 bits per heavy atom. The van der Waals surface area contributed by atoms with Gasteiger partial charge >= 0.3 is 0 Å². The second kappa shape index (κ2) is 7.77. The first kappa shape index (κ1) is 17.7. The molecule has 0 aromatic carbocycles. The minimum absolute atomic E-state index is 0.00622. The van der Waals surface area contributed by atoms with Crippen LogP contribution in [-0.4, -0.2) is 66.8 Å². The summed E-state index contributed by atoms with van der Waals surface area (Å²) in [6, 6.07) is -0.441. The van der Waals surface area contributed by atoms with Crippen molar-refractivity contribution >= 4 is 18.2 Å². The van der Waals surface area contributed by atoms with Crippen LogP contribution in [0.25, 0.3) is 0 Å². The van der Waals surface area contributed by atoms with Crippen LogP contribution in [0.5, 0.6) is 0 Å². The van der Waals surface area contributed by atoms with Crippen molar-refractivity contribution in [2.24, 2.45) is 11.1 Å². The quantitative estimate of drug-likeness (QED) is 0.496. The zero-order chi connectivity index (χ0) is 16.9. The largest absolute Gasteiger partial charge is 0.347 e. The molecule has 1 unspecified atom stereocenters.